The third kappa shape index (κ3) is 3.90. The summed E-state index contributed by atoms with van der Waals surface area (Å²) in [6.07, 6.45) is 6.16. The summed E-state index contributed by atoms with van der Waals surface area (Å²) >= 11 is 0. The van der Waals surface area contributed by atoms with Crippen molar-refractivity contribution < 1.29 is 9.53 Å². The van der Waals surface area contributed by atoms with Crippen LogP contribution in [0.1, 0.15) is 35.1 Å². The Morgan fingerprint density at radius 2 is 2.10 bits per heavy atom. The minimum absolute atomic E-state index is 0.268. The number of carbonyl (C=O) groups is 1. The van der Waals surface area contributed by atoms with Crippen LogP contribution in [0.4, 0.5) is 11.8 Å². The van der Waals surface area contributed by atoms with Gasteiger partial charge >= 0.3 is 0 Å². The number of nitrogens with one attached hydrogen (secondary N) is 2. The molecule has 0 aromatic carbocycles. The van der Waals surface area contributed by atoms with Gasteiger partial charge in [0.15, 0.2) is 5.65 Å². The highest BCUT2D eigenvalue weighted by molar-refractivity contribution is 6.05. The SMILES string of the molecule is CCOc1nc(N2CCC(NC)C2)ncc1C(=O)Nc1cn2cc(C)nc2c(C)n1. The Morgan fingerprint density at radius 1 is 1.27 bits per heavy atom. The summed E-state index contributed by atoms with van der Waals surface area (Å²) in [4.78, 5) is 32.8. The number of likely N-dealkylation sites (N-methyl/N-ethyl adjacent to an activating group) is 1. The normalized spacial score (nSPS) is 16.3. The number of carbonyl (C=O) groups excluding carboxylic acids is 1. The number of aromatic nitrogens is 5. The summed E-state index contributed by atoms with van der Waals surface area (Å²) in [5.41, 5.74) is 2.64. The van der Waals surface area contributed by atoms with E-state index in [1.807, 2.05) is 38.4 Å². The first-order valence-corrected chi connectivity index (χ1v) is 10.0. The largest absolute Gasteiger partial charge is 0.477 e. The van der Waals surface area contributed by atoms with Crippen LogP contribution in [-0.4, -0.2) is 63.0 Å². The van der Waals surface area contributed by atoms with Crippen molar-refractivity contribution in [2.75, 3.05) is 37.0 Å². The van der Waals surface area contributed by atoms with Crippen LogP contribution in [0.3, 0.4) is 0 Å². The van der Waals surface area contributed by atoms with E-state index in [0.717, 1.165) is 36.5 Å². The van der Waals surface area contributed by atoms with E-state index in [-0.39, 0.29) is 17.4 Å². The number of anilines is 2. The van der Waals surface area contributed by atoms with E-state index in [4.69, 9.17) is 4.74 Å². The average Bonchev–Trinajstić information content (AvgIpc) is 3.34. The van der Waals surface area contributed by atoms with Crippen molar-refractivity contribution in [2.24, 2.45) is 0 Å². The van der Waals surface area contributed by atoms with Crippen molar-refractivity contribution in [2.45, 2.75) is 33.2 Å². The van der Waals surface area contributed by atoms with Crippen molar-refractivity contribution in [3.05, 3.63) is 35.5 Å². The Labute approximate surface area is 174 Å². The van der Waals surface area contributed by atoms with Crippen molar-refractivity contribution in [1.29, 1.82) is 0 Å². The molecule has 1 fully saturated rings. The van der Waals surface area contributed by atoms with Crippen LogP contribution in [0.25, 0.3) is 5.65 Å². The van der Waals surface area contributed by atoms with Gasteiger partial charge in [0.05, 0.1) is 24.2 Å². The van der Waals surface area contributed by atoms with Crippen LogP contribution in [0, 0.1) is 13.8 Å². The molecule has 4 rings (SSSR count). The molecule has 0 spiro atoms. The van der Waals surface area contributed by atoms with Gasteiger partial charge in [-0.3, -0.25) is 4.79 Å². The Morgan fingerprint density at radius 3 is 2.83 bits per heavy atom. The number of amides is 1. The van der Waals surface area contributed by atoms with E-state index in [1.54, 1.807) is 6.20 Å². The number of fused-ring (bicyclic) bond motifs is 1. The van der Waals surface area contributed by atoms with E-state index in [9.17, 15) is 4.79 Å². The second-order valence-electron chi connectivity index (χ2n) is 7.32. The zero-order valence-electron chi connectivity index (χ0n) is 17.6. The number of nitrogens with zero attached hydrogens (tertiary/aromatic N) is 6. The quantitative estimate of drug-likeness (QED) is 0.630. The first-order valence-electron chi connectivity index (χ1n) is 10.0. The summed E-state index contributed by atoms with van der Waals surface area (Å²) < 4.78 is 7.51. The number of aryl methyl sites for hydroxylation is 2. The van der Waals surface area contributed by atoms with Crippen LogP contribution in [0.15, 0.2) is 18.6 Å². The lowest BCUT2D eigenvalue weighted by Crippen LogP contribution is -2.30. The first kappa shape index (κ1) is 20.0. The maximum Gasteiger partial charge on any atom is 0.263 e. The lowest BCUT2D eigenvalue weighted by molar-refractivity contribution is 0.102. The van der Waals surface area contributed by atoms with Gasteiger partial charge in [-0.25, -0.2) is 15.0 Å². The van der Waals surface area contributed by atoms with Gasteiger partial charge < -0.3 is 24.7 Å². The molecule has 2 N–H and O–H groups in total. The summed E-state index contributed by atoms with van der Waals surface area (Å²) in [5.74, 6) is 0.883. The van der Waals surface area contributed by atoms with Gasteiger partial charge in [-0.15, -0.1) is 0 Å². The van der Waals surface area contributed by atoms with Crippen LogP contribution in [-0.2, 0) is 0 Å². The number of hydrogen-bond donors (Lipinski definition) is 2. The molecule has 1 amide bonds. The molecule has 10 heteroatoms. The number of hydrogen-bond acceptors (Lipinski definition) is 8. The summed E-state index contributed by atoms with van der Waals surface area (Å²) in [5, 5.41) is 6.10. The van der Waals surface area contributed by atoms with E-state index in [1.165, 1.54) is 6.20 Å². The second-order valence-corrected chi connectivity index (χ2v) is 7.32. The highest BCUT2D eigenvalue weighted by Gasteiger charge is 2.25. The van der Waals surface area contributed by atoms with Gasteiger partial charge in [0.1, 0.15) is 11.4 Å². The topological polar surface area (TPSA) is 110 Å². The summed E-state index contributed by atoms with van der Waals surface area (Å²) in [6, 6.07) is 0.406. The van der Waals surface area contributed by atoms with Crippen LogP contribution in [0.2, 0.25) is 0 Å². The van der Waals surface area contributed by atoms with E-state index < -0.39 is 0 Å². The molecular formula is C20H26N8O2. The van der Waals surface area contributed by atoms with Gasteiger partial charge in [-0.1, -0.05) is 0 Å². The fourth-order valence-electron chi connectivity index (χ4n) is 3.61. The Hall–Kier alpha value is -3.27. The minimum Gasteiger partial charge on any atom is -0.477 e. The molecule has 0 radical (unpaired) electrons. The molecule has 1 saturated heterocycles. The van der Waals surface area contributed by atoms with Crippen molar-refractivity contribution >= 4 is 23.3 Å². The highest BCUT2D eigenvalue weighted by atomic mass is 16.5. The lowest BCUT2D eigenvalue weighted by Gasteiger charge is -2.18. The van der Waals surface area contributed by atoms with Crippen molar-refractivity contribution in [3.8, 4) is 5.88 Å². The number of ether oxygens (including phenoxy) is 1. The Kier molecular flexibility index (Phi) is 5.49. The molecule has 0 saturated carbocycles. The molecular weight excluding hydrogens is 384 g/mol. The maximum absolute atomic E-state index is 12.9. The third-order valence-electron chi connectivity index (χ3n) is 5.11. The Bertz CT molecular complexity index is 1080. The van der Waals surface area contributed by atoms with E-state index >= 15 is 0 Å². The van der Waals surface area contributed by atoms with E-state index in [2.05, 4.69) is 35.5 Å². The van der Waals surface area contributed by atoms with Gasteiger partial charge in [-0.05, 0) is 34.2 Å². The summed E-state index contributed by atoms with van der Waals surface area (Å²) in [6.45, 7) is 7.70. The molecule has 0 bridgehead atoms. The smallest absolute Gasteiger partial charge is 0.263 e. The molecule has 3 aromatic heterocycles. The molecule has 0 aliphatic carbocycles. The van der Waals surface area contributed by atoms with Gasteiger partial charge in [0, 0.05) is 31.5 Å². The molecule has 1 unspecified atom stereocenters. The van der Waals surface area contributed by atoms with E-state index in [0.29, 0.717) is 24.4 Å². The second kappa shape index (κ2) is 8.23. The lowest BCUT2D eigenvalue weighted by atomic mass is 10.3. The van der Waals surface area contributed by atoms with Crippen molar-refractivity contribution in [3.63, 3.8) is 0 Å². The molecule has 158 valence electrons. The molecule has 30 heavy (non-hydrogen) atoms. The first-order chi connectivity index (χ1) is 14.5. The fourth-order valence-corrected chi connectivity index (χ4v) is 3.61. The maximum atomic E-state index is 12.9. The van der Waals surface area contributed by atoms with Crippen LogP contribution >= 0.6 is 0 Å². The Balaban J connectivity index is 1.58. The molecule has 1 aliphatic heterocycles. The van der Waals surface area contributed by atoms with Gasteiger partial charge in [-0.2, -0.15) is 4.98 Å². The zero-order valence-corrected chi connectivity index (χ0v) is 17.6. The molecule has 3 aromatic rings. The summed E-state index contributed by atoms with van der Waals surface area (Å²) in [7, 11) is 1.95. The minimum atomic E-state index is -0.373. The predicted molar refractivity (Wildman–Crippen MR) is 113 cm³/mol. The fraction of sp³-hybridized carbons (Fsp3) is 0.450. The predicted octanol–water partition coefficient (Wildman–Crippen LogP) is 1.59. The van der Waals surface area contributed by atoms with Crippen molar-refractivity contribution in [1.82, 2.24) is 29.7 Å². The number of rotatable bonds is 6. The third-order valence-corrected chi connectivity index (χ3v) is 5.11. The van der Waals surface area contributed by atoms with Gasteiger partial charge in [0.25, 0.3) is 5.91 Å². The van der Waals surface area contributed by atoms with Gasteiger partial charge in [0.2, 0.25) is 11.8 Å². The number of imidazole rings is 1. The van der Waals surface area contributed by atoms with Crippen LogP contribution in [0.5, 0.6) is 5.88 Å². The molecule has 1 aliphatic rings. The standard InChI is InChI=1S/C20H26N8O2/c1-5-30-19-15(8-22-20(26-19)27-7-6-14(10-27)21-4)18(29)25-16-11-28-9-12(2)23-17(28)13(3)24-16/h8-9,11,14,21H,5-7,10H2,1-4H3,(H,25,29). The molecule has 10 nitrogen and oxygen atoms in total. The molecule has 1 atom stereocenters. The average molecular weight is 410 g/mol. The highest BCUT2D eigenvalue weighted by Crippen LogP contribution is 2.23. The zero-order chi connectivity index (χ0) is 21.3. The molecule has 4 heterocycles. The monoisotopic (exact) mass is 410 g/mol. The van der Waals surface area contributed by atoms with Crippen LogP contribution < -0.4 is 20.3 Å².